The van der Waals surface area contributed by atoms with Crippen LogP contribution in [0.2, 0.25) is 0 Å². The fourth-order valence-electron chi connectivity index (χ4n) is 1.88. The number of sulfonamides is 1. The van der Waals surface area contributed by atoms with E-state index in [-0.39, 0.29) is 19.4 Å². The third kappa shape index (κ3) is 3.16. The van der Waals surface area contributed by atoms with Gasteiger partial charge in [0.1, 0.15) is 6.04 Å². The molecule has 0 aliphatic carbocycles. The first kappa shape index (κ1) is 13.9. The number of esters is 1. The number of carboxylic acids is 1. The monoisotopic (exact) mass is 265 g/mol. The molecular weight excluding hydrogens is 250 g/mol. The predicted octanol–water partition coefficient (Wildman–Crippen LogP) is -0.716. The Hall–Kier alpha value is -1.15. The van der Waals surface area contributed by atoms with E-state index < -0.39 is 33.9 Å². The minimum absolute atomic E-state index is 0.163. The molecular formula is C9H15NO6S. The van der Waals surface area contributed by atoms with Gasteiger partial charge in [-0.15, -0.1) is 0 Å². The zero-order chi connectivity index (χ0) is 13.2. The Labute approximate surface area is 99.4 Å². The molecule has 8 heteroatoms. The highest BCUT2D eigenvalue weighted by atomic mass is 32.2. The fraction of sp³-hybridized carbons (Fsp3) is 0.778. The number of hydrogen-bond donors (Lipinski definition) is 1. The van der Waals surface area contributed by atoms with Gasteiger partial charge >= 0.3 is 11.9 Å². The molecule has 0 amide bonds. The standard InChI is InChI=1S/C9H15NO6S/c1-16-9(13)7-4-3-6(8(11)12)5-10(7)17(2,14)15/h6-7H,3-5H2,1-2H3,(H,11,12). The summed E-state index contributed by atoms with van der Waals surface area (Å²) in [5.74, 6) is -2.48. The topological polar surface area (TPSA) is 101 Å². The van der Waals surface area contributed by atoms with Gasteiger partial charge in [0, 0.05) is 6.54 Å². The third-order valence-corrected chi connectivity index (χ3v) is 4.04. The molecule has 1 aliphatic heterocycles. The van der Waals surface area contributed by atoms with Crippen LogP contribution in [0.4, 0.5) is 0 Å². The Morgan fingerprint density at radius 2 is 1.94 bits per heavy atom. The second-order valence-corrected chi connectivity index (χ2v) is 5.92. The molecule has 17 heavy (non-hydrogen) atoms. The first-order chi connectivity index (χ1) is 7.77. The van der Waals surface area contributed by atoms with Gasteiger partial charge in [0.15, 0.2) is 0 Å². The number of carboxylic acid groups (broad SMARTS) is 1. The number of carbonyl (C=O) groups is 2. The summed E-state index contributed by atoms with van der Waals surface area (Å²) in [7, 11) is -2.45. The van der Waals surface area contributed by atoms with E-state index in [2.05, 4.69) is 4.74 Å². The van der Waals surface area contributed by atoms with Crippen LogP contribution >= 0.6 is 0 Å². The molecule has 0 spiro atoms. The Kier molecular flexibility index (Phi) is 4.10. The van der Waals surface area contributed by atoms with Crippen LogP contribution in [0.15, 0.2) is 0 Å². The Balaban J connectivity index is 2.95. The summed E-state index contributed by atoms with van der Waals surface area (Å²) in [6, 6.07) is -0.911. The van der Waals surface area contributed by atoms with Crippen molar-refractivity contribution in [1.82, 2.24) is 4.31 Å². The summed E-state index contributed by atoms with van der Waals surface area (Å²) in [6.45, 7) is -0.187. The van der Waals surface area contributed by atoms with Gasteiger partial charge in [-0.25, -0.2) is 8.42 Å². The lowest BCUT2D eigenvalue weighted by atomic mass is 9.95. The first-order valence-electron chi connectivity index (χ1n) is 5.04. The van der Waals surface area contributed by atoms with Crippen LogP contribution < -0.4 is 0 Å². The van der Waals surface area contributed by atoms with Gasteiger partial charge in [-0.2, -0.15) is 4.31 Å². The number of nitrogens with zero attached hydrogens (tertiary/aromatic N) is 1. The fourth-order valence-corrected chi connectivity index (χ4v) is 2.98. The highest BCUT2D eigenvalue weighted by Crippen LogP contribution is 2.25. The van der Waals surface area contributed by atoms with Gasteiger partial charge in [0.25, 0.3) is 0 Å². The van der Waals surface area contributed by atoms with E-state index in [1.165, 1.54) is 7.11 Å². The molecule has 1 heterocycles. The van der Waals surface area contributed by atoms with Gasteiger partial charge in [-0.05, 0) is 12.8 Å². The smallest absolute Gasteiger partial charge is 0.324 e. The van der Waals surface area contributed by atoms with Gasteiger partial charge in [0.2, 0.25) is 10.0 Å². The molecule has 0 saturated carbocycles. The highest BCUT2D eigenvalue weighted by Gasteiger charge is 2.40. The van der Waals surface area contributed by atoms with E-state index in [1.807, 2.05) is 0 Å². The predicted molar refractivity (Wildman–Crippen MR) is 57.7 cm³/mol. The van der Waals surface area contributed by atoms with E-state index in [9.17, 15) is 18.0 Å². The number of piperidine rings is 1. The Bertz CT molecular complexity index is 417. The number of methoxy groups -OCH3 is 1. The number of hydrogen-bond acceptors (Lipinski definition) is 5. The first-order valence-corrected chi connectivity index (χ1v) is 6.89. The van der Waals surface area contributed by atoms with Crippen LogP contribution in [0.1, 0.15) is 12.8 Å². The van der Waals surface area contributed by atoms with Crippen molar-refractivity contribution in [2.24, 2.45) is 5.92 Å². The molecule has 1 saturated heterocycles. The SMILES string of the molecule is COC(=O)C1CCC(C(=O)O)CN1S(C)(=O)=O. The lowest BCUT2D eigenvalue weighted by Crippen LogP contribution is -2.51. The van der Waals surface area contributed by atoms with E-state index in [4.69, 9.17) is 5.11 Å². The summed E-state index contributed by atoms with van der Waals surface area (Å²) in [6.07, 6.45) is 1.38. The van der Waals surface area contributed by atoms with Crippen LogP contribution in [0.5, 0.6) is 0 Å². The van der Waals surface area contributed by atoms with Crippen molar-refractivity contribution in [3.8, 4) is 0 Å². The molecule has 2 atom stereocenters. The van der Waals surface area contributed by atoms with Gasteiger partial charge in [-0.3, -0.25) is 9.59 Å². The molecule has 1 fully saturated rings. The summed E-state index contributed by atoms with van der Waals surface area (Å²) < 4.78 is 28.4. The van der Waals surface area contributed by atoms with Crippen molar-refractivity contribution in [2.75, 3.05) is 19.9 Å². The Morgan fingerprint density at radius 1 is 1.35 bits per heavy atom. The second-order valence-electron chi connectivity index (χ2n) is 3.98. The van der Waals surface area contributed by atoms with Crippen LogP contribution in [0.3, 0.4) is 0 Å². The second kappa shape index (κ2) is 5.01. The molecule has 2 unspecified atom stereocenters. The maximum absolute atomic E-state index is 11.5. The number of ether oxygens (including phenoxy) is 1. The molecule has 98 valence electrons. The Morgan fingerprint density at radius 3 is 2.35 bits per heavy atom. The number of carbonyl (C=O) groups excluding carboxylic acids is 1. The van der Waals surface area contributed by atoms with Crippen LogP contribution in [-0.4, -0.2) is 55.7 Å². The van der Waals surface area contributed by atoms with Crippen LogP contribution in [0.25, 0.3) is 0 Å². The molecule has 0 radical (unpaired) electrons. The largest absolute Gasteiger partial charge is 0.481 e. The van der Waals surface area contributed by atoms with Crippen molar-refractivity contribution in [2.45, 2.75) is 18.9 Å². The van der Waals surface area contributed by atoms with Crippen molar-refractivity contribution >= 4 is 22.0 Å². The van der Waals surface area contributed by atoms with E-state index in [0.717, 1.165) is 10.6 Å². The van der Waals surface area contributed by atoms with Crippen molar-refractivity contribution in [3.05, 3.63) is 0 Å². The summed E-state index contributed by atoms with van der Waals surface area (Å²) in [5, 5.41) is 8.87. The summed E-state index contributed by atoms with van der Waals surface area (Å²) in [4.78, 5) is 22.3. The van der Waals surface area contributed by atoms with Gasteiger partial charge in [-0.1, -0.05) is 0 Å². The normalized spacial score (nSPS) is 26.5. The molecule has 1 aliphatic rings. The van der Waals surface area contributed by atoms with E-state index in [1.54, 1.807) is 0 Å². The lowest BCUT2D eigenvalue weighted by molar-refractivity contribution is -0.150. The zero-order valence-corrected chi connectivity index (χ0v) is 10.4. The summed E-state index contributed by atoms with van der Waals surface area (Å²) in [5.41, 5.74) is 0. The molecule has 0 aromatic carbocycles. The minimum Gasteiger partial charge on any atom is -0.481 e. The minimum atomic E-state index is -3.63. The van der Waals surface area contributed by atoms with Crippen molar-refractivity contribution in [1.29, 1.82) is 0 Å². The van der Waals surface area contributed by atoms with E-state index in [0.29, 0.717) is 0 Å². The van der Waals surface area contributed by atoms with Crippen LogP contribution in [-0.2, 0) is 24.3 Å². The average molecular weight is 265 g/mol. The van der Waals surface area contributed by atoms with E-state index >= 15 is 0 Å². The molecule has 7 nitrogen and oxygen atoms in total. The van der Waals surface area contributed by atoms with Gasteiger partial charge < -0.3 is 9.84 Å². The third-order valence-electron chi connectivity index (χ3n) is 2.79. The molecule has 1 N–H and O–H groups in total. The van der Waals surface area contributed by atoms with Crippen molar-refractivity contribution in [3.63, 3.8) is 0 Å². The molecule has 0 bridgehead atoms. The zero-order valence-electron chi connectivity index (χ0n) is 9.62. The average Bonchev–Trinajstić information content (AvgIpc) is 2.26. The highest BCUT2D eigenvalue weighted by molar-refractivity contribution is 7.88. The quantitative estimate of drug-likeness (QED) is 0.676. The van der Waals surface area contributed by atoms with Crippen molar-refractivity contribution < 1.29 is 27.9 Å². The number of rotatable bonds is 3. The molecule has 0 aromatic rings. The van der Waals surface area contributed by atoms with Gasteiger partial charge in [0.05, 0.1) is 19.3 Å². The number of aliphatic carboxylic acids is 1. The maximum Gasteiger partial charge on any atom is 0.324 e. The maximum atomic E-state index is 11.5. The van der Waals surface area contributed by atoms with Crippen LogP contribution in [0, 0.1) is 5.92 Å². The summed E-state index contributed by atoms with van der Waals surface area (Å²) >= 11 is 0. The molecule has 0 aromatic heterocycles. The lowest BCUT2D eigenvalue weighted by Gasteiger charge is -2.34. The molecule has 1 rings (SSSR count).